The molecule has 1 N–H and O–H groups in total. The second kappa shape index (κ2) is 4.55. The van der Waals surface area contributed by atoms with Gasteiger partial charge in [0.15, 0.2) is 5.82 Å². The normalized spacial score (nSPS) is 14.8. The van der Waals surface area contributed by atoms with Crippen molar-refractivity contribution in [2.45, 2.75) is 25.4 Å². The topological polar surface area (TPSA) is 63.6 Å². The second-order valence-corrected chi connectivity index (χ2v) is 4.12. The summed E-state index contributed by atoms with van der Waals surface area (Å²) in [6.45, 7) is 0.797. The third kappa shape index (κ3) is 2.62. The minimum absolute atomic E-state index is 0.655. The maximum absolute atomic E-state index is 4.48. The predicted octanol–water partition coefficient (Wildman–Crippen LogP) is 1.19. The Labute approximate surface area is 99.4 Å². The van der Waals surface area contributed by atoms with Gasteiger partial charge >= 0.3 is 0 Å². The molecule has 0 spiro atoms. The standard InChI is InChI=1S/C12H13N5/c1-2-9(1)15-7-10-3-6-14-12(17-10)11-4-5-13-8-16-11/h3-6,8-9,15H,1-2,7H2. The molecule has 0 saturated heterocycles. The molecule has 5 heteroatoms. The lowest BCUT2D eigenvalue weighted by molar-refractivity contribution is 0.673. The summed E-state index contributed by atoms with van der Waals surface area (Å²) >= 11 is 0. The highest BCUT2D eigenvalue weighted by Crippen LogP contribution is 2.19. The van der Waals surface area contributed by atoms with Crippen LogP contribution in [0, 0.1) is 0 Å². The fourth-order valence-electron chi connectivity index (χ4n) is 1.58. The Morgan fingerprint density at radius 3 is 2.88 bits per heavy atom. The molecule has 1 saturated carbocycles. The third-order valence-electron chi connectivity index (χ3n) is 2.67. The average Bonchev–Trinajstić information content (AvgIpc) is 3.22. The number of rotatable bonds is 4. The predicted molar refractivity (Wildman–Crippen MR) is 62.9 cm³/mol. The van der Waals surface area contributed by atoms with E-state index in [9.17, 15) is 0 Å². The van der Waals surface area contributed by atoms with Crippen LogP contribution in [0.3, 0.4) is 0 Å². The summed E-state index contributed by atoms with van der Waals surface area (Å²) in [5.74, 6) is 0.655. The van der Waals surface area contributed by atoms with Crippen LogP contribution in [-0.2, 0) is 6.54 Å². The quantitative estimate of drug-likeness (QED) is 0.849. The van der Waals surface area contributed by atoms with Crippen molar-refractivity contribution in [2.75, 3.05) is 0 Å². The Morgan fingerprint density at radius 1 is 1.18 bits per heavy atom. The molecule has 86 valence electrons. The van der Waals surface area contributed by atoms with E-state index in [0.717, 1.165) is 17.9 Å². The van der Waals surface area contributed by atoms with Crippen molar-refractivity contribution in [1.29, 1.82) is 0 Å². The Bertz CT molecular complexity index is 495. The van der Waals surface area contributed by atoms with Gasteiger partial charge < -0.3 is 5.32 Å². The highest BCUT2D eigenvalue weighted by atomic mass is 15.0. The van der Waals surface area contributed by atoms with Crippen molar-refractivity contribution in [3.63, 3.8) is 0 Å². The average molecular weight is 227 g/mol. The minimum Gasteiger partial charge on any atom is -0.308 e. The van der Waals surface area contributed by atoms with Gasteiger partial charge in [-0.05, 0) is 25.0 Å². The molecule has 0 amide bonds. The summed E-state index contributed by atoms with van der Waals surface area (Å²) in [6, 6.07) is 4.43. The summed E-state index contributed by atoms with van der Waals surface area (Å²) in [4.78, 5) is 16.7. The van der Waals surface area contributed by atoms with Crippen LogP contribution in [0.2, 0.25) is 0 Å². The molecule has 17 heavy (non-hydrogen) atoms. The number of nitrogens with zero attached hydrogens (tertiary/aromatic N) is 4. The maximum atomic E-state index is 4.48. The fraction of sp³-hybridized carbons (Fsp3) is 0.333. The number of nitrogens with one attached hydrogen (secondary N) is 1. The Morgan fingerprint density at radius 2 is 2.12 bits per heavy atom. The number of hydrogen-bond donors (Lipinski definition) is 1. The van der Waals surface area contributed by atoms with E-state index in [4.69, 9.17) is 0 Å². The van der Waals surface area contributed by atoms with Crippen molar-refractivity contribution in [3.05, 3.63) is 36.5 Å². The highest BCUT2D eigenvalue weighted by molar-refractivity contribution is 5.47. The lowest BCUT2D eigenvalue weighted by Crippen LogP contribution is -2.16. The molecule has 0 atom stereocenters. The summed E-state index contributed by atoms with van der Waals surface area (Å²) in [5, 5.41) is 3.43. The molecular weight excluding hydrogens is 214 g/mol. The summed E-state index contributed by atoms with van der Waals surface area (Å²) < 4.78 is 0. The van der Waals surface area contributed by atoms with E-state index >= 15 is 0 Å². The van der Waals surface area contributed by atoms with E-state index in [1.807, 2.05) is 12.1 Å². The Balaban J connectivity index is 1.78. The van der Waals surface area contributed by atoms with E-state index in [1.165, 1.54) is 19.2 Å². The first kappa shape index (κ1) is 10.3. The van der Waals surface area contributed by atoms with Gasteiger partial charge in [0.25, 0.3) is 0 Å². The lowest BCUT2D eigenvalue weighted by atomic mass is 10.3. The van der Waals surface area contributed by atoms with Crippen LogP contribution in [-0.4, -0.2) is 26.0 Å². The summed E-state index contributed by atoms with van der Waals surface area (Å²) in [5.41, 5.74) is 1.76. The van der Waals surface area contributed by atoms with Crippen LogP contribution in [0.5, 0.6) is 0 Å². The van der Waals surface area contributed by atoms with Gasteiger partial charge in [-0.25, -0.2) is 19.9 Å². The SMILES string of the molecule is c1cc(-c2nccc(CNC3CC3)n2)ncn1. The van der Waals surface area contributed by atoms with E-state index in [1.54, 1.807) is 12.4 Å². The molecule has 0 aromatic carbocycles. The van der Waals surface area contributed by atoms with Gasteiger partial charge in [0, 0.05) is 25.0 Å². The number of hydrogen-bond acceptors (Lipinski definition) is 5. The van der Waals surface area contributed by atoms with E-state index in [-0.39, 0.29) is 0 Å². The van der Waals surface area contributed by atoms with Crippen LogP contribution in [0.4, 0.5) is 0 Å². The molecule has 2 aromatic heterocycles. The molecule has 2 aromatic rings. The molecule has 1 fully saturated rings. The van der Waals surface area contributed by atoms with Crippen LogP contribution in [0.25, 0.3) is 11.5 Å². The molecule has 0 radical (unpaired) electrons. The van der Waals surface area contributed by atoms with Gasteiger partial charge in [0.1, 0.15) is 12.0 Å². The van der Waals surface area contributed by atoms with Gasteiger partial charge in [0.2, 0.25) is 0 Å². The maximum Gasteiger partial charge on any atom is 0.178 e. The highest BCUT2D eigenvalue weighted by Gasteiger charge is 2.20. The van der Waals surface area contributed by atoms with Crippen molar-refractivity contribution in [3.8, 4) is 11.5 Å². The van der Waals surface area contributed by atoms with Crippen molar-refractivity contribution >= 4 is 0 Å². The van der Waals surface area contributed by atoms with Gasteiger partial charge in [-0.1, -0.05) is 0 Å². The fourth-order valence-corrected chi connectivity index (χ4v) is 1.58. The van der Waals surface area contributed by atoms with Crippen LogP contribution >= 0.6 is 0 Å². The summed E-state index contributed by atoms with van der Waals surface area (Å²) in [7, 11) is 0. The molecular formula is C12H13N5. The van der Waals surface area contributed by atoms with Crippen molar-refractivity contribution in [2.24, 2.45) is 0 Å². The van der Waals surface area contributed by atoms with Crippen LogP contribution in [0.15, 0.2) is 30.9 Å². The van der Waals surface area contributed by atoms with E-state index in [2.05, 4.69) is 25.3 Å². The largest absolute Gasteiger partial charge is 0.308 e. The van der Waals surface area contributed by atoms with Gasteiger partial charge in [0.05, 0.1) is 5.69 Å². The van der Waals surface area contributed by atoms with Crippen LogP contribution in [0.1, 0.15) is 18.5 Å². The third-order valence-corrected chi connectivity index (χ3v) is 2.67. The molecule has 3 rings (SSSR count). The zero-order chi connectivity index (χ0) is 11.5. The molecule has 1 aliphatic carbocycles. The van der Waals surface area contributed by atoms with E-state index in [0.29, 0.717) is 11.9 Å². The Hall–Kier alpha value is -1.88. The number of aromatic nitrogens is 4. The Kier molecular flexibility index (Phi) is 2.75. The van der Waals surface area contributed by atoms with Crippen LogP contribution < -0.4 is 5.32 Å². The van der Waals surface area contributed by atoms with Gasteiger partial charge in [-0.2, -0.15) is 0 Å². The molecule has 0 unspecified atom stereocenters. The first-order valence-electron chi connectivity index (χ1n) is 5.73. The molecule has 2 heterocycles. The zero-order valence-electron chi connectivity index (χ0n) is 9.37. The zero-order valence-corrected chi connectivity index (χ0v) is 9.37. The van der Waals surface area contributed by atoms with Crippen molar-refractivity contribution in [1.82, 2.24) is 25.3 Å². The molecule has 1 aliphatic rings. The molecule has 0 aliphatic heterocycles. The van der Waals surface area contributed by atoms with Gasteiger partial charge in [-0.3, -0.25) is 0 Å². The first-order valence-corrected chi connectivity index (χ1v) is 5.73. The lowest BCUT2D eigenvalue weighted by Gasteiger charge is -2.04. The molecule has 5 nitrogen and oxygen atoms in total. The smallest absolute Gasteiger partial charge is 0.178 e. The second-order valence-electron chi connectivity index (χ2n) is 4.12. The van der Waals surface area contributed by atoms with Gasteiger partial charge in [-0.15, -0.1) is 0 Å². The monoisotopic (exact) mass is 227 g/mol. The van der Waals surface area contributed by atoms with Crippen molar-refractivity contribution < 1.29 is 0 Å². The summed E-state index contributed by atoms with van der Waals surface area (Å²) in [6.07, 6.45) is 7.54. The first-order chi connectivity index (χ1) is 8.42. The minimum atomic E-state index is 0.655. The molecule has 0 bridgehead atoms. The van der Waals surface area contributed by atoms with E-state index < -0.39 is 0 Å².